The molecule has 0 radical (unpaired) electrons. The third kappa shape index (κ3) is 3.51. The Kier molecular flexibility index (Phi) is 4.28. The molecule has 1 amide bonds. The number of aromatic amines is 1. The number of carbonyl (C=O) groups excluding carboxylic acids is 1. The molecular weight excluding hydrogens is 270 g/mol. The van der Waals surface area contributed by atoms with E-state index in [1.54, 1.807) is 18.3 Å². The molecule has 6 heteroatoms. The van der Waals surface area contributed by atoms with Crippen LogP contribution in [0.3, 0.4) is 0 Å². The number of aryl methyl sites for hydroxylation is 1. The Morgan fingerprint density at radius 3 is 2.78 bits per heavy atom. The number of anilines is 1. The first-order chi connectivity index (χ1) is 8.65. The maximum Gasteiger partial charge on any atom is 0.235 e. The number of hydrogen-bond acceptors (Lipinski definition) is 3. The fourth-order valence-corrected chi connectivity index (χ4v) is 2.15. The van der Waals surface area contributed by atoms with Crippen LogP contribution >= 0.6 is 23.4 Å². The second-order valence-corrected chi connectivity index (χ2v) is 5.20. The molecular formula is C12H12ClN3OS. The number of rotatable bonds is 4. The molecule has 0 bridgehead atoms. The van der Waals surface area contributed by atoms with E-state index in [2.05, 4.69) is 15.5 Å². The fraction of sp³-hybridized carbons (Fsp3) is 0.167. The third-order valence-corrected chi connectivity index (χ3v) is 3.54. The molecule has 1 aromatic carbocycles. The van der Waals surface area contributed by atoms with Crippen molar-refractivity contribution >= 4 is 35.1 Å². The molecule has 0 spiro atoms. The zero-order chi connectivity index (χ0) is 13.0. The van der Waals surface area contributed by atoms with E-state index in [9.17, 15) is 4.79 Å². The van der Waals surface area contributed by atoms with Gasteiger partial charge in [0.2, 0.25) is 5.91 Å². The summed E-state index contributed by atoms with van der Waals surface area (Å²) in [6.07, 6.45) is 1.67. The number of hydrogen-bond donors (Lipinski definition) is 2. The summed E-state index contributed by atoms with van der Waals surface area (Å²) in [5.74, 6) is 0.930. The first-order valence-corrected chi connectivity index (χ1v) is 6.69. The average molecular weight is 282 g/mol. The molecule has 0 aliphatic heterocycles. The average Bonchev–Trinajstić information content (AvgIpc) is 2.74. The first-order valence-electron chi connectivity index (χ1n) is 5.33. The van der Waals surface area contributed by atoms with Crippen LogP contribution in [0.15, 0.2) is 35.4 Å². The van der Waals surface area contributed by atoms with Crippen LogP contribution in [0.2, 0.25) is 5.02 Å². The smallest absolute Gasteiger partial charge is 0.235 e. The molecule has 2 rings (SSSR count). The monoisotopic (exact) mass is 281 g/mol. The van der Waals surface area contributed by atoms with Crippen LogP contribution in [0.1, 0.15) is 5.56 Å². The molecule has 0 atom stereocenters. The maximum absolute atomic E-state index is 11.7. The van der Waals surface area contributed by atoms with E-state index in [0.717, 1.165) is 10.5 Å². The van der Waals surface area contributed by atoms with Gasteiger partial charge in [-0.2, -0.15) is 5.10 Å². The Bertz CT molecular complexity index is 539. The van der Waals surface area contributed by atoms with Gasteiger partial charge in [0.25, 0.3) is 0 Å². The zero-order valence-corrected chi connectivity index (χ0v) is 11.3. The quantitative estimate of drug-likeness (QED) is 0.847. The van der Waals surface area contributed by atoms with Gasteiger partial charge in [0.15, 0.2) is 0 Å². The lowest BCUT2D eigenvalue weighted by Gasteiger charge is -2.04. The standard InChI is InChI=1S/C12H12ClN3OS/c1-8-6-14-16-12(8)15-11(17)7-18-10-4-2-9(13)3-5-10/h2-6H,7H2,1H3,(H2,14,15,16,17). The molecule has 0 aliphatic carbocycles. The van der Waals surface area contributed by atoms with Crippen molar-refractivity contribution in [1.29, 1.82) is 0 Å². The van der Waals surface area contributed by atoms with Gasteiger partial charge >= 0.3 is 0 Å². The predicted octanol–water partition coefficient (Wildman–Crippen LogP) is 3.10. The molecule has 1 heterocycles. The Labute approximate surface area is 114 Å². The van der Waals surface area contributed by atoms with Gasteiger partial charge in [-0.3, -0.25) is 9.89 Å². The third-order valence-electron chi connectivity index (χ3n) is 2.28. The Morgan fingerprint density at radius 2 is 2.17 bits per heavy atom. The second-order valence-electron chi connectivity index (χ2n) is 3.72. The van der Waals surface area contributed by atoms with E-state index in [4.69, 9.17) is 11.6 Å². The van der Waals surface area contributed by atoms with Gasteiger partial charge in [-0.25, -0.2) is 0 Å². The van der Waals surface area contributed by atoms with Crippen molar-refractivity contribution in [3.05, 3.63) is 41.0 Å². The number of aromatic nitrogens is 2. The van der Waals surface area contributed by atoms with Crippen LogP contribution in [0.5, 0.6) is 0 Å². The number of nitrogens with one attached hydrogen (secondary N) is 2. The summed E-state index contributed by atoms with van der Waals surface area (Å²) in [4.78, 5) is 12.7. The highest BCUT2D eigenvalue weighted by atomic mass is 35.5. The lowest BCUT2D eigenvalue weighted by molar-refractivity contribution is -0.113. The van der Waals surface area contributed by atoms with Crippen molar-refractivity contribution in [2.24, 2.45) is 0 Å². The Balaban J connectivity index is 1.85. The second kappa shape index (κ2) is 5.93. The normalized spacial score (nSPS) is 10.3. The van der Waals surface area contributed by atoms with Crippen LogP contribution in [-0.2, 0) is 4.79 Å². The van der Waals surface area contributed by atoms with Gasteiger partial charge < -0.3 is 5.32 Å². The zero-order valence-electron chi connectivity index (χ0n) is 9.74. The molecule has 94 valence electrons. The van der Waals surface area contributed by atoms with Gasteiger partial charge in [-0.15, -0.1) is 11.8 Å². The van der Waals surface area contributed by atoms with Crippen molar-refractivity contribution in [1.82, 2.24) is 10.2 Å². The molecule has 18 heavy (non-hydrogen) atoms. The number of carbonyl (C=O) groups is 1. The minimum absolute atomic E-state index is 0.0673. The summed E-state index contributed by atoms with van der Waals surface area (Å²) in [5.41, 5.74) is 0.917. The van der Waals surface area contributed by atoms with Gasteiger partial charge in [-0.1, -0.05) is 11.6 Å². The molecule has 0 saturated heterocycles. The molecule has 0 saturated carbocycles. The van der Waals surface area contributed by atoms with Gasteiger partial charge in [0, 0.05) is 15.5 Å². The molecule has 0 aliphatic rings. The van der Waals surface area contributed by atoms with E-state index >= 15 is 0 Å². The minimum Gasteiger partial charge on any atom is -0.310 e. The number of thioether (sulfide) groups is 1. The highest BCUT2D eigenvalue weighted by Gasteiger charge is 2.06. The fourth-order valence-electron chi connectivity index (χ4n) is 1.33. The highest BCUT2D eigenvalue weighted by molar-refractivity contribution is 8.00. The van der Waals surface area contributed by atoms with Gasteiger partial charge in [0.05, 0.1) is 11.9 Å². The first kappa shape index (κ1) is 13.0. The molecule has 4 nitrogen and oxygen atoms in total. The molecule has 1 aromatic heterocycles. The summed E-state index contributed by atoms with van der Waals surface area (Å²) in [7, 11) is 0. The highest BCUT2D eigenvalue weighted by Crippen LogP contribution is 2.20. The molecule has 0 unspecified atom stereocenters. The van der Waals surface area contributed by atoms with Crippen molar-refractivity contribution in [3.63, 3.8) is 0 Å². The lowest BCUT2D eigenvalue weighted by Crippen LogP contribution is -2.14. The summed E-state index contributed by atoms with van der Waals surface area (Å²) < 4.78 is 0. The number of H-pyrrole nitrogens is 1. The van der Waals surface area contributed by atoms with Crippen LogP contribution in [0.25, 0.3) is 0 Å². The van der Waals surface area contributed by atoms with E-state index in [0.29, 0.717) is 16.6 Å². The topological polar surface area (TPSA) is 57.8 Å². The van der Waals surface area contributed by atoms with Crippen molar-refractivity contribution in [2.75, 3.05) is 11.1 Å². The molecule has 2 N–H and O–H groups in total. The SMILES string of the molecule is Cc1cn[nH]c1NC(=O)CSc1ccc(Cl)cc1. The molecule has 2 aromatic rings. The van der Waals surface area contributed by atoms with E-state index in [-0.39, 0.29) is 5.91 Å². The van der Waals surface area contributed by atoms with Crippen molar-refractivity contribution < 1.29 is 4.79 Å². The summed E-state index contributed by atoms with van der Waals surface area (Å²) in [6.45, 7) is 1.88. The number of amides is 1. The number of benzene rings is 1. The Hall–Kier alpha value is -1.46. The van der Waals surface area contributed by atoms with Gasteiger partial charge in [-0.05, 0) is 31.2 Å². The van der Waals surface area contributed by atoms with Crippen LogP contribution in [0, 0.1) is 6.92 Å². The summed E-state index contributed by atoms with van der Waals surface area (Å²) >= 11 is 7.25. The lowest BCUT2D eigenvalue weighted by atomic mass is 10.4. The van der Waals surface area contributed by atoms with E-state index in [1.165, 1.54) is 11.8 Å². The largest absolute Gasteiger partial charge is 0.310 e. The van der Waals surface area contributed by atoms with Crippen LogP contribution < -0.4 is 5.32 Å². The van der Waals surface area contributed by atoms with Crippen LogP contribution in [0.4, 0.5) is 5.82 Å². The van der Waals surface area contributed by atoms with E-state index < -0.39 is 0 Å². The number of halogens is 1. The number of nitrogens with zero attached hydrogens (tertiary/aromatic N) is 1. The predicted molar refractivity (Wildman–Crippen MR) is 74.1 cm³/mol. The molecule has 0 fully saturated rings. The van der Waals surface area contributed by atoms with Crippen LogP contribution in [-0.4, -0.2) is 21.9 Å². The summed E-state index contributed by atoms with van der Waals surface area (Å²) in [5, 5.41) is 10.0. The van der Waals surface area contributed by atoms with Gasteiger partial charge in [0.1, 0.15) is 5.82 Å². The summed E-state index contributed by atoms with van der Waals surface area (Å²) in [6, 6.07) is 7.39. The van der Waals surface area contributed by atoms with E-state index in [1.807, 2.05) is 19.1 Å². The minimum atomic E-state index is -0.0673. The van der Waals surface area contributed by atoms with Crippen molar-refractivity contribution in [2.45, 2.75) is 11.8 Å². The Morgan fingerprint density at radius 1 is 1.44 bits per heavy atom. The maximum atomic E-state index is 11.7. The van der Waals surface area contributed by atoms with Crippen molar-refractivity contribution in [3.8, 4) is 0 Å².